The molecule has 0 aliphatic heterocycles. The number of rotatable bonds is 4. The first-order chi connectivity index (χ1) is 7.70. The fraction of sp³-hybridized carbons (Fsp3) is 0.400. The lowest BCUT2D eigenvalue weighted by Gasteiger charge is -2.21. The van der Waals surface area contributed by atoms with Crippen molar-refractivity contribution in [1.29, 1.82) is 0 Å². The lowest BCUT2D eigenvalue weighted by molar-refractivity contribution is 0.201. The number of benzene rings is 1. The first-order valence-electron chi connectivity index (χ1n) is 5.02. The Morgan fingerprint density at radius 1 is 1.41 bits per heavy atom. The highest BCUT2D eigenvalue weighted by Gasteiger charge is 2.12. The molecule has 0 aliphatic rings. The van der Waals surface area contributed by atoms with Gasteiger partial charge in [-0.1, -0.05) is 0 Å². The molecule has 1 aromatic rings. The van der Waals surface area contributed by atoms with Gasteiger partial charge < -0.3 is 15.7 Å². The summed E-state index contributed by atoms with van der Waals surface area (Å²) in [6.07, 6.45) is -0.528. The van der Waals surface area contributed by atoms with Crippen LogP contribution in [0.5, 0.6) is 0 Å². The summed E-state index contributed by atoms with van der Waals surface area (Å²) in [5, 5.41) is 14.3. The van der Waals surface area contributed by atoms with Gasteiger partial charge in [-0.15, -0.1) is 0 Å². The Morgan fingerprint density at radius 2 is 2.00 bits per heavy atom. The molecule has 0 radical (unpaired) electrons. The van der Waals surface area contributed by atoms with E-state index in [1.807, 2.05) is 0 Å². The van der Waals surface area contributed by atoms with E-state index in [2.05, 4.69) is 0 Å². The van der Waals surface area contributed by atoms with Gasteiger partial charge in [0.15, 0.2) is 0 Å². The maximum atomic E-state index is 11.2. The number of aliphatic hydroxyl groups excluding tert-OH is 1. The van der Waals surface area contributed by atoms with Crippen LogP contribution in [0.1, 0.15) is 6.92 Å². The highest BCUT2D eigenvalue weighted by molar-refractivity contribution is 7.89. The molecule has 96 valence electrons. The summed E-state index contributed by atoms with van der Waals surface area (Å²) in [7, 11) is -2.05. The van der Waals surface area contributed by atoms with Gasteiger partial charge in [-0.25, -0.2) is 13.6 Å². The molecule has 0 aromatic heterocycles. The second-order valence-corrected chi connectivity index (χ2v) is 5.60. The van der Waals surface area contributed by atoms with Crippen LogP contribution in [0.2, 0.25) is 0 Å². The van der Waals surface area contributed by atoms with Crippen LogP contribution in [0.15, 0.2) is 23.1 Å². The fourth-order valence-corrected chi connectivity index (χ4v) is 2.08. The minimum atomic E-state index is -3.78. The molecule has 0 aliphatic carbocycles. The topological polar surface area (TPSA) is 110 Å². The largest absolute Gasteiger partial charge is 0.399 e. The first-order valence-corrected chi connectivity index (χ1v) is 6.57. The molecule has 5 N–H and O–H groups in total. The zero-order chi connectivity index (χ0) is 13.2. The molecule has 1 rings (SSSR count). The average Bonchev–Trinajstić information content (AvgIpc) is 2.14. The maximum absolute atomic E-state index is 11.2. The molecule has 0 heterocycles. The van der Waals surface area contributed by atoms with Crippen molar-refractivity contribution in [1.82, 2.24) is 0 Å². The first kappa shape index (κ1) is 13.8. The van der Waals surface area contributed by atoms with Crippen molar-refractivity contribution < 1.29 is 13.5 Å². The van der Waals surface area contributed by atoms with Gasteiger partial charge in [0.2, 0.25) is 10.0 Å². The molecule has 1 unspecified atom stereocenters. The molecule has 0 amide bonds. The van der Waals surface area contributed by atoms with E-state index in [4.69, 9.17) is 10.9 Å². The number of aliphatic hydroxyl groups is 1. The van der Waals surface area contributed by atoms with Crippen molar-refractivity contribution >= 4 is 21.4 Å². The highest BCUT2D eigenvalue weighted by atomic mass is 32.2. The smallest absolute Gasteiger partial charge is 0.238 e. The lowest BCUT2D eigenvalue weighted by atomic mass is 10.2. The Hall–Kier alpha value is -1.31. The number of nitrogens with zero attached hydrogens (tertiary/aromatic N) is 1. The minimum absolute atomic E-state index is 0.0371. The van der Waals surface area contributed by atoms with E-state index in [0.29, 0.717) is 17.9 Å². The molecular weight excluding hydrogens is 242 g/mol. The number of likely N-dealkylation sites (N-methyl/N-ethyl adjacent to an activating group) is 1. The second kappa shape index (κ2) is 4.91. The minimum Gasteiger partial charge on any atom is -0.399 e. The summed E-state index contributed by atoms with van der Waals surface area (Å²) in [4.78, 5) is 1.67. The van der Waals surface area contributed by atoms with Crippen LogP contribution in [0, 0.1) is 0 Å². The third-order valence-electron chi connectivity index (χ3n) is 2.22. The Balaban J connectivity index is 3.14. The Labute approximate surface area is 101 Å². The molecule has 1 aromatic carbocycles. The van der Waals surface area contributed by atoms with Crippen LogP contribution in [-0.2, 0) is 10.0 Å². The van der Waals surface area contributed by atoms with Gasteiger partial charge in [-0.2, -0.15) is 0 Å². The fourth-order valence-electron chi connectivity index (χ4n) is 1.49. The molecule has 7 heteroatoms. The summed E-state index contributed by atoms with van der Waals surface area (Å²) < 4.78 is 22.5. The van der Waals surface area contributed by atoms with Crippen LogP contribution < -0.4 is 15.8 Å². The number of sulfonamides is 1. The number of hydrogen-bond acceptors (Lipinski definition) is 5. The van der Waals surface area contributed by atoms with E-state index in [-0.39, 0.29) is 4.90 Å². The monoisotopic (exact) mass is 259 g/mol. The quantitative estimate of drug-likeness (QED) is 0.645. The standard InChI is InChI=1S/C10H17N3O3S/c1-7(14)6-13(2)9-3-8(11)4-10(5-9)17(12,15)16/h3-5,7,14H,6,11H2,1-2H3,(H2,12,15,16). The van der Waals surface area contributed by atoms with E-state index in [9.17, 15) is 13.5 Å². The number of anilines is 2. The number of nitrogens with two attached hydrogens (primary N) is 2. The van der Waals surface area contributed by atoms with Crippen molar-refractivity contribution in [3.8, 4) is 0 Å². The molecule has 0 saturated heterocycles. The third kappa shape index (κ3) is 3.88. The van der Waals surface area contributed by atoms with E-state index in [1.54, 1.807) is 24.9 Å². The summed E-state index contributed by atoms with van der Waals surface area (Å²) in [5.74, 6) is 0. The van der Waals surface area contributed by atoms with Gasteiger partial charge in [0.25, 0.3) is 0 Å². The third-order valence-corrected chi connectivity index (χ3v) is 3.11. The van der Waals surface area contributed by atoms with Crippen molar-refractivity contribution in [2.75, 3.05) is 24.2 Å². The molecule has 1 atom stereocenters. The zero-order valence-electron chi connectivity index (χ0n) is 9.79. The van der Waals surface area contributed by atoms with E-state index in [1.165, 1.54) is 12.1 Å². The zero-order valence-corrected chi connectivity index (χ0v) is 10.6. The van der Waals surface area contributed by atoms with Crippen molar-refractivity contribution in [3.05, 3.63) is 18.2 Å². The Kier molecular flexibility index (Phi) is 3.97. The SMILES string of the molecule is CC(O)CN(C)c1cc(N)cc(S(N)(=O)=O)c1. The number of primary sulfonamides is 1. The predicted octanol–water partition coefficient (Wildman–Crippen LogP) is -0.267. The highest BCUT2D eigenvalue weighted by Crippen LogP contribution is 2.22. The molecular formula is C10H17N3O3S. The van der Waals surface area contributed by atoms with E-state index in [0.717, 1.165) is 0 Å². The normalized spacial score (nSPS) is 13.4. The number of hydrogen-bond donors (Lipinski definition) is 3. The van der Waals surface area contributed by atoms with Crippen LogP contribution in [0.4, 0.5) is 11.4 Å². The maximum Gasteiger partial charge on any atom is 0.238 e. The Bertz CT molecular complexity index is 500. The summed E-state index contributed by atoms with van der Waals surface area (Å²) >= 11 is 0. The Morgan fingerprint density at radius 3 is 2.47 bits per heavy atom. The van der Waals surface area contributed by atoms with Crippen molar-refractivity contribution in [3.63, 3.8) is 0 Å². The summed E-state index contributed by atoms with van der Waals surface area (Å²) in [6, 6.07) is 4.35. The molecule has 0 fully saturated rings. The molecule has 0 spiro atoms. The van der Waals surface area contributed by atoms with Gasteiger partial charge >= 0.3 is 0 Å². The van der Waals surface area contributed by atoms with Crippen LogP contribution in [0.3, 0.4) is 0 Å². The van der Waals surface area contributed by atoms with Crippen molar-refractivity contribution in [2.45, 2.75) is 17.9 Å². The predicted molar refractivity (Wildman–Crippen MR) is 67.2 cm³/mol. The van der Waals surface area contributed by atoms with E-state index < -0.39 is 16.1 Å². The van der Waals surface area contributed by atoms with Crippen LogP contribution >= 0.6 is 0 Å². The van der Waals surface area contributed by atoms with E-state index >= 15 is 0 Å². The average molecular weight is 259 g/mol. The van der Waals surface area contributed by atoms with Crippen LogP contribution in [0.25, 0.3) is 0 Å². The number of nitrogen functional groups attached to an aromatic ring is 1. The molecule has 0 saturated carbocycles. The summed E-state index contributed by atoms with van der Waals surface area (Å²) in [6.45, 7) is 2.01. The van der Waals surface area contributed by atoms with Crippen LogP contribution in [-0.4, -0.2) is 33.2 Å². The summed E-state index contributed by atoms with van der Waals surface area (Å²) in [5.41, 5.74) is 6.52. The van der Waals surface area contributed by atoms with Gasteiger partial charge in [0.1, 0.15) is 0 Å². The van der Waals surface area contributed by atoms with Crippen molar-refractivity contribution in [2.24, 2.45) is 5.14 Å². The molecule has 0 bridgehead atoms. The van der Waals surface area contributed by atoms with Gasteiger partial charge in [-0.05, 0) is 25.1 Å². The van der Waals surface area contributed by atoms with Gasteiger partial charge in [0, 0.05) is 25.0 Å². The molecule has 6 nitrogen and oxygen atoms in total. The second-order valence-electron chi connectivity index (χ2n) is 4.03. The molecule has 17 heavy (non-hydrogen) atoms. The van der Waals surface area contributed by atoms with Gasteiger partial charge in [0.05, 0.1) is 11.0 Å². The lowest BCUT2D eigenvalue weighted by Crippen LogP contribution is -2.27. The van der Waals surface area contributed by atoms with Gasteiger partial charge in [-0.3, -0.25) is 0 Å².